The lowest BCUT2D eigenvalue weighted by Gasteiger charge is -2.16. The summed E-state index contributed by atoms with van der Waals surface area (Å²) in [6, 6.07) is 5.33. The number of methoxy groups -OCH3 is 1. The van der Waals surface area contributed by atoms with Crippen LogP contribution in [-0.4, -0.2) is 68.6 Å². The van der Waals surface area contributed by atoms with Gasteiger partial charge in [0.15, 0.2) is 17.3 Å². The van der Waals surface area contributed by atoms with E-state index < -0.39 is 10.2 Å². The van der Waals surface area contributed by atoms with E-state index in [9.17, 15) is 8.42 Å². The van der Waals surface area contributed by atoms with Gasteiger partial charge in [0.1, 0.15) is 19.5 Å². The standard InChI is InChI=1S/C21H23BrN6O7S/c1-31-6-2-5-27-36(29,30)28-19-18(14-3-4-16-17(9-14)35-13-34-16)20(26-12-25-19)32-7-8-33-21-23-10-15(22)11-24-21/h3-4,9-12,27H,2,5-8,13H2,1H3,(H,25,26,28). The van der Waals surface area contributed by atoms with Crippen molar-refractivity contribution in [2.75, 3.05) is 45.0 Å². The molecule has 3 heterocycles. The molecule has 4 rings (SSSR count). The average molecular weight is 583 g/mol. The molecule has 15 heteroatoms. The van der Waals surface area contributed by atoms with Gasteiger partial charge in [-0.2, -0.15) is 13.1 Å². The number of fused-ring (bicyclic) bond motifs is 1. The summed E-state index contributed by atoms with van der Waals surface area (Å²) in [7, 11) is -2.40. The first kappa shape index (κ1) is 25.8. The van der Waals surface area contributed by atoms with Crippen LogP contribution in [0.15, 0.2) is 41.4 Å². The van der Waals surface area contributed by atoms with Gasteiger partial charge in [0, 0.05) is 32.7 Å². The van der Waals surface area contributed by atoms with Gasteiger partial charge in [-0.1, -0.05) is 6.07 Å². The molecule has 36 heavy (non-hydrogen) atoms. The van der Waals surface area contributed by atoms with Crippen LogP contribution in [0, 0.1) is 0 Å². The van der Waals surface area contributed by atoms with E-state index in [0.29, 0.717) is 35.7 Å². The van der Waals surface area contributed by atoms with E-state index in [1.165, 1.54) is 6.33 Å². The minimum absolute atomic E-state index is 0.0234. The number of benzene rings is 1. The molecule has 0 amide bonds. The van der Waals surface area contributed by atoms with Crippen LogP contribution in [-0.2, 0) is 14.9 Å². The zero-order valence-electron chi connectivity index (χ0n) is 19.1. The summed E-state index contributed by atoms with van der Waals surface area (Å²) in [6.07, 6.45) is 4.83. The van der Waals surface area contributed by atoms with Gasteiger partial charge >= 0.3 is 6.01 Å². The van der Waals surface area contributed by atoms with Crippen LogP contribution in [0.2, 0.25) is 0 Å². The summed E-state index contributed by atoms with van der Waals surface area (Å²) in [4.78, 5) is 16.4. The summed E-state index contributed by atoms with van der Waals surface area (Å²) < 4.78 is 58.0. The van der Waals surface area contributed by atoms with Crippen molar-refractivity contribution in [2.45, 2.75) is 6.42 Å². The van der Waals surface area contributed by atoms with Crippen molar-refractivity contribution in [3.63, 3.8) is 0 Å². The average Bonchev–Trinajstić information content (AvgIpc) is 3.33. The Morgan fingerprint density at radius 1 is 1.03 bits per heavy atom. The van der Waals surface area contributed by atoms with E-state index in [2.05, 4.69) is 45.3 Å². The fraction of sp³-hybridized carbons (Fsp3) is 0.333. The van der Waals surface area contributed by atoms with Crippen molar-refractivity contribution < 1.29 is 32.1 Å². The van der Waals surface area contributed by atoms with E-state index in [0.717, 1.165) is 4.47 Å². The highest BCUT2D eigenvalue weighted by Crippen LogP contribution is 2.40. The number of nitrogens with one attached hydrogen (secondary N) is 2. The molecule has 1 aliphatic heterocycles. The Kier molecular flexibility index (Phi) is 8.69. The first-order valence-corrected chi connectivity index (χ1v) is 13.0. The predicted molar refractivity (Wildman–Crippen MR) is 131 cm³/mol. The lowest BCUT2D eigenvalue weighted by atomic mass is 10.1. The number of hydrogen-bond acceptors (Lipinski definition) is 11. The van der Waals surface area contributed by atoms with E-state index >= 15 is 0 Å². The first-order valence-electron chi connectivity index (χ1n) is 10.7. The third-order valence-electron chi connectivity index (χ3n) is 4.67. The van der Waals surface area contributed by atoms with Gasteiger partial charge in [-0.15, -0.1) is 0 Å². The van der Waals surface area contributed by atoms with Crippen LogP contribution in [0.4, 0.5) is 5.82 Å². The van der Waals surface area contributed by atoms with Crippen LogP contribution in [0.1, 0.15) is 6.42 Å². The van der Waals surface area contributed by atoms with Crippen LogP contribution >= 0.6 is 15.9 Å². The van der Waals surface area contributed by atoms with Gasteiger partial charge in [-0.05, 0) is 40.0 Å². The van der Waals surface area contributed by atoms with E-state index in [1.54, 1.807) is 37.7 Å². The lowest BCUT2D eigenvalue weighted by Crippen LogP contribution is -2.32. The molecule has 0 spiro atoms. The molecule has 2 aromatic heterocycles. The lowest BCUT2D eigenvalue weighted by molar-refractivity contribution is 0.174. The first-order chi connectivity index (χ1) is 17.4. The SMILES string of the molecule is COCCCNS(=O)(=O)Nc1ncnc(OCCOc2ncc(Br)cn2)c1-c1ccc2c(c1)OCO2. The Bertz CT molecular complexity index is 1280. The molecule has 13 nitrogen and oxygen atoms in total. The van der Waals surface area contributed by atoms with Crippen molar-refractivity contribution in [2.24, 2.45) is 0 Å². The highest BCUT2D eigenvalue weighted by atomic mass is 79.9. The molecular formula is C21H23BrN6O7S. The molecule has 3 aromatic rings. The fourth-order valence-corrected chi connectivity index (χ4v) is 4.20. The fourth-order valence-electron chi connectivity index (χ4n) is 3.10. The molecule has 1 aliphatic rings. The maximum Gasteiger partial charge on any atom is 0.316 e. The summed E-state index contributed by atoms with van der Waals surface area (Å²) in [5.41, 5.74) is 0.877. The molecule has 1 aromatic carbocycles. The monoisotopic (exact) mass is 582 g/mol. The second-order valence-electron chi connectivity index (χ2n) is 7.20. The summed E-state index contributed by atoms with van der Waals surface area (Å²) in [6.45, 7) is 0.897. The molecule has 0 atom stereocenters. The van der Waals surface area contributed by atoms with Crippen LogP contribution in [0.3, 0.4) is 0 Å². The van der Waals surface area contributed by atoms with Crippen molar-refractivity contribution in [1.82, 2.24) is 24.7 Å². The van der Waals surface area contributed by atoms with Crippen LogP contribution in [0.5, 0.6) is 23.4 Å². The van der Waals surface area contributed by atoms with Gasteiger partial charge in [0.2, 0.25) is 12.7 Å². The molecule has 0 saturated carbocycles. The van der Waals surface area contributed by atoms with Crippen molar-refractivity contribution in [3.8, 4) is 34.5 Å². The third kappa shape index (κ3) is 6.90. The van der Waals surface area contributed by atoms with E-state index in [4.69, 9.17) is 23.7 Å². The van der Waals surface area contributed by atoms with Crippen LogP contribution < -0.4 is 28.4 Å². The zero-order chi connectivity index (χ0) is 25.4. The van der Waals surface area contributed by atoms with Gasteiger partial charge < -0.3 is 23.7 Å². The molecule has 0 aliphatic carbocycles. The number of rotatable bonds is 13. The quantitative estimate of drug-likeness (QED) is 0.284. The second kappa shape index (κ2) is 12.1. The summed E-state index contributed by atoms with van der Waals surface area (Å²) >= 11 is 3.26. The Labute approximate surface area is 215 Å². The summed E-state index contributed by atoms with van der Waals surface area (Å²) in [5.74, 6) is 1.24. The normalized spacial score (nSPS) is 12.4. The molecule has 0 radical (unpaired) electrons. The van der Waals surface area contributed by atoms with Crippen molar-refractivity contribution in [1.29, 1.82) is 0 Å². The van der Waals surface area contributed by atoms with E-state index in [1.807, 2.05) is 0 Å². The number of ether oxygens (including phenoxy) is 5. The van der Waals surface area contributed by atoms with Gasteiger partial charge in [0.25, 0.3) is 10.2 Å². The molecule has 0 unspecified atom stereocenters. The molecule has 0 bridgehead atoms. The van der Waals surface area contributed by atoms with E-state index in [-0.39, 0.29) is 44.3 Å². The highest BCUT2D eigenvalue weighted by Gasteiger charge is 2.22. The maximum absolute atomic E-state index is 12.6. The Morgan fingerprint density at radius 3 is 2.61 bits per heavy atom. The third-order valence-corrected chi connectivity index (χ3v) is 6.13. The van der Waals surface area contributed by atoms with Gasteiger partial charge in [-0.25, -0.2) is 19.9 Å². The smallest absolute Gasteiger partial charge is 0.316 e. The molecule has 0 saturated heterocycles. The Morgan fingerprint density at radius 2 is 1.81 bits per heavy atom. The maximum atomic E-state index is 12.6. The van der Waals surface area contributed by atoms with Gasteiger partial charge in [-0.3, -0.25) is 4.72 Å². The Balaban J connectivity index is 1.54. The minimum atomic E-state index is -3.94. The summed E-state index contributed by atoms with van der Waals surface area (Å²) in [5, 5.41) is 0. The number of anilines is 1. The topological polar surface area (TPSA) is 156 Å². The second-order valence-corrected chi connectivity index (χ2v) is 9.61. The van der Waals surface area contributed by atoms with Crippen LogP contribution in [0.25, 0.3) is 11.1 Å². The largest absolute Gasteiger partial charge is 0.473 e. The number of aromatic nitrogens is 4. The van der Waals surface area contributed by atoms with Crippen molar-refractivity contribution >= 4 is 32.0 Å². The molecule has 2 N–H and O–H groups in total. The minimum Gasteiger partial charge on any atom is -0.473 e. The molecule has 192 valence electrons. The van der Waals surface area contributed by atoms with Crippen molar-refractivity contribution in [3.05, 3.63) is 41.4 Å². The highest BCUT2D eigenvalue weighted by molar-refractivity contribution is 9.10. The predicted octanol–water partition coefficient (Wildman–Crippen LogP) is 2.17. The number of halogens is 1. The Hall–Kier alpha value is -3.27. The van der Waals surface area contributed by atoms with Gasteiger partial charge in [0.05, 0.1) is 10.0 Å². The number of hydrogen-bond donors (Lipinski definition) is 2. The number of nitrogens with zero attached hydrogens (tertiary/aromatic N) is 4. The molecule has 0 fully saturated rings. The molecular weight excluding hydrogens is 560 g/mol. The zero-order valence-corrected chi connectivity index (χ0v) is 21.5.